The third-order valence-electron chi connectivity index (χ3n) is 1.31. The number of hydrogen-bond donors (Lipinski definition) is 2. The Hall–Kier alpha value is -1.09. The van der Waals surface area contributed by atoms with Gasteiger partial charge in [-0.3, -0.25) is 10.4 Å². The van der Waals surface area contributed by atoms with Gasteiger partial charge in [0.2, 0.25) is 0 Å². The molecule has 0 aliphatic rings. The molecule has 0 amide bonds. The quantitative estimate of drug-likeness (QED) is 0.491. The van der Waals surface area contributed by atoms with E-state index < -0.39 is 0 Å². The van der Waals surface area contributed by atoms with Gasteiger partial charge in [-0.1, -0.05) is 0 Å². The fourth-order valence-corrected chi connectivity index (χ4v) is 0.776. The summed E-state index contributed by atoms with van der Waals surface area (Å²) >= 11 is 0. The van der Waals surface area contributed by atoms with Crippen LogP contribution in [0.4, 0.5) is 0 Å². The summed E-state index contributed by atoms with van der Waals surface area (Å²) in [7, 11) is 0. The number of nitrogens with two attached hydrogens (primary N) is 1. The predicted molar refractivity (Wildman–Crippen MR) is 47.2 cm³/mol. The van der Waals surface area contributed by atoms with Crippen LogP contribution >= 0.6 is 12.4 Å². The van der Waals surface area contributed by atoms with E-state index in [1.807, 2.05) is 6.92 Å². The zero-order chi connectivity index (χ0) is 7.56. The number of nitrogen functional groups attached to an aromatic ring is 1. The fourth-order valence-electron chi connectivity index (χ4n) is 0.776. The number of nitrogens with one attached hydrogen (secondary N) is 1. The van der Waals surface area contributed by atoms with Crippen LogP contribution < -0.4 is 5.73 Å². The van der Waals surface area contributed by atoms with Gasteiger partial charge in [-0.2, -0.15) is 0 Å². The van der Waals surface area contributed by atoms with Crippen molar-refractivity contribution in [2.45, 2.75) is 6.92 Å². The summed E-state index contributed by atoms with van der Waals surface area (Å²) in [5, 5.41) is 7.13. The number of amidine groups is 1. The molecule has 3 N–H and O–H groups in total. The smallest absolute Gasteiger partial charge is 0.123 e. The highest BCUT2D eigenvalue weighted by Gasteiger charge is 1.97. The summed E-state index contributed by atoms with van der Waals surface area (Å²) in [5.74, 6) is 0.0971. The van der Waals surface area contributed by atoms with Gasteiger partial charge in [-0.15, -0.1) is 12.4 Å². The van der Waals surface area contributed by atoms with Gasteiger partial charge in [0, 0.05) is 18.0 Å². The topological polar surface area (TPSA) is 62.8 Å². The Kier molecular flexibility index (Phi) is 3.54. The van der Waals surface area contributed by atoms with E-state index in [1.54, 1.807) is 18.5 Å². The average molecular weight is 172 g/mol. The Morgan fingerprint density at radius 3 is 2.64 bits per heavy atom. The molecule has 0 atom stereocenters. The van der Waals surface area contributed by atoms with E-state index in [4.69, 9.17) is 11.1 Å². The maximum atomic E-state index is 7.13. The Labute approximate surface area is 71.6 Å². The summed E-state index contributed by atoms with van der Waals surface area (Å²) in [4.78, 5) is 3.88. The van der Waals surface area contributed by atoms with Gasteiger partial charge >= 0.3 is 0 Å². The highest BCUT2D eigenvalue weighted by molar-refractivity contribution is 5.96. The van der Waals surface area contributed by atoms with Crippen LogP contribution in [0.3, 0.4) is 0 Å². The summed E-state index contributed by atoms with van der Waals surface area (Å²) in [6.45, 7) is 1.88. The second-order valence-corrected chi connectivity index (χ2v) is 2.10. The monoisotopic (exact) mass is 171 g/mol. The first-order valence-corrected chi connectivity index (χ1v) is 2.97. The van der Waals surface area contributed by atoms with E-state index in [1.165, 1.54) is 0 Å². The molecule has 0 bridgehead atoms. The molecule has 0 radical (unpaired) electrons. The molecule has 0 saturated heterocycles. The molecule has 0 unspecified atom stereocenters. The van der Waals surface area contributed by atoms with Crippen LogP contribution in [0.25, 0.3) is 0 Å². The Morgan fingerprint density at radius 2 is 2.27 bits per heavy atom. The van der Waals surface area contributed by atoms with Gasteiger partial charge in [0.15, 0.2) is 0 Å². The lowest BCUT2D eigenvalue weighted by Crippen LogP contribution is -2.12. The van der Waals surface area contributed by atoms with E-state index in [0.717, 1.165) is 11.1 Å². The number of hydrogen-bond acceptors (Lipinski definition) is 2. The maximum absolute atomic E-state index is 7.13. The standard InChI is InChI=1S/C7H9N3.ClH/c1-5-4-10-3-2-6(5)7(8)9;/h2-4H,1H3,(H3,8,9);1H. The first kappa shape index (κ1) is 9.91. The van der Waals surface area contributed by atoms with Crippen molar-refractivity contribution >= 4 is 18.2 Å². The Morgan fingerprint density at radius 1 is 1.64 bits per heavy atom. The number of rotatable bonds is 1. The van der Waals surface area contributed by atoms with Crippen molar-refractivity contribution in [2.75, 3.05) is 0 Å². The molecule has 0 aliphatic carbocycles. The summed E-state index contributed by atoms with van der Waals surface area (Å²) < 4.78 is 0. The average Bonchev–Trinajstić information content (AvgIpc) is 1.88. The van der Waals surface area contributed by atoms with Crippen molar-refractivity contribution in [1.29, 1.82) is 5.41 Å². The maximum Gasteiger partial charge on any atom is 0.123 e. The van der Waals surface area contributed by atoms with E-state index in [0.29, 0.717) is 0 Å². The minimum atomic E-state index is 0. The van der Waals surface area contributed by atoms with Gasteiger partial charge < -0.3 is 5.73 Å². The number of nitrogens with zero attached hydrogens (tertiary/aromatic N) is 1. The molecule has 1 aromatic heterocycles. The van der Waals surface area contributed by atoms with Gasteiger partial charge in [0.25, 0.3) is 0 Å². The lowest BCUT2D eigenvalue weighted by molar-refractivity contribution is 1.24. The van der Waals surface area contributed by atoms with Crippen molar-refractivity contribution < 1.29 is 0 Å². The van der Waals surface area contributed by atoms with E-state index >= 15 is 0 Å². The van der Waals surface area contributed by atoms with E-state index in [9.17, 15) is 0 Å². The largest absolute Gasteiger partial charge is 0.384 e. The highest BCUT2D eigenvalue weighted by atomic mass is 35.5. The number of pyridine rings is 1. The molecule has 1 rings (SSSR count). The lowest BCUT2D eigenvalue weighted by atomic mass is 10.1. The van der Waals surface area contributed by atoms with Gasteiger partial charge in [0.05, 0.1) is 0 Å². The first-order valence-electron chi connectivity index (χ1n) is 2.97. The minimum Gasteiger partial charge on any atom is -0.384 e. The van der Waals surface area contributed by atoms with Crippen molar-refractivity contribution in [3.8, 4) is 0 Å². The van der Waals surface area contributed by atoms with Crippen molar-refractivity contribution in [3.63, 3.8) is 0 Å². The summed E-state index contributed by atoms with van der Waals surface area (Å²) in [6.07, 6.45) is 3.32. The van der Waals surface area contributed by atoms with Crippen LogP contribution in [0, 0.1) is 12.3 Å². The molecule has 1 heterocycles. The first-order chi connectivity index (χ1) is 4.72. The third-order valence-corrected chi connectivity index (χ3v) is 1.31. The molecule has 4 heteroatoms. The summed E-state index contributed by atoms with van der Waals surface area (Å²) in [6, 6.07) is 1.73. The molecule has 11 heavy (non-hydrogen) atoms. The number of aryl methyl sites for hydroxylation is 1. The summed E-state index contributed by atoms with van der Waals surface area (Å²) in [5.41, 5.74) is 6.97. The molecule has 1 aromatic rings. The molecule has 0 saturated carbocycles. The zero-order valence-electron chi connectivity index (χ0n) is 6.16. The Balaban J connectivity index is 0.000001000. The second kappa shape index (κ2) is 3.93. The van der Waals surface area contributed by atoms with Crippen LogP contribution in [0.5, 0.6) is 0 Å². The third kappa shape index (κ3) is 2.20. The van der Waals surface area contributed by atoms with Crippen LogP contribution in [0.15, 0.2) is 18.5 Å². The molecular weight excluding hydrogens is 162 g/mol. The molecule has 0 aromatic carbocycles. The van der Waals surface area contributed by atoms with Crippen molar-refractivity contribution in [1.82, 2.24) is 4.98 Å². The number of aromatic nitrogens is 1. The zero-order valence-corrected chi connectivity index (χ0v) is 6.98. The molecule has 0 spiro atoms. The molecule has 0 aliphatic heterocycles. The second-order valence-electron chi connectivity index (χ2n) is 2.10. The lowest BCUT2D eigenvalue weighted by Gasteiger charge is -1.99. The minimum absolute atomic E-state index is 0. The van der Waals surface area contributed by atoms with Crippen LogP contribution in [0.1, 0.15) is 11.1 Å². The van der Waals surface area contributed by atoms with Crippen LogP contribution in [0.2, 0.25) is 0 Å². The van der Waals surface area contributed by atoms with Crippen LogP contribution in [-0.2, 0) is 0 Å². The normalized spacial score (nSPS) is 8.45. The van der Waals surface area contributed by atoms with Crippen molar-refractivity contribution in [3.05, 3.63) is 29.6 Å². The molecular formula is C7H10ClN3. The van der Waals surface area contributed by atoms with Gasteiger partial charge in [-0.05, 0) is 18.6 Å². The van der Waals surface area contributed by atoms with E-state index in [2.05, 4.69) is 4.98 Å². The van der Waals surface area contributed by atoms with E-state index in [-0.39, 0.29) is 18.2 Å². The predicted octanol–water partition coefficient (Wildman–Crippen LogP) is 1.10. The van der Waals surface area contributed by atoms with Gasteiger partial charge in [-0.25, -0.2) is 0 Å². The number of halogens is 1. The highest BCUT2D eigenvalue weighted by Crippen LogP contribution is 2.02. The molecule has 0 fully saturated rings. The fraction of sp³-hybridized carbons (Fsp3) is 0.143. The SMILES string of the molecule is Cc1cnccc1C(=N)N.Cl. The molecule has 60 valence electrons. The van der Waals surface area contributed by atoms with Crippen molar-refractivity contribution in [2.24, 2.45) is 5.73 Å². The molecule has 3 nitrogen and oxygen atoms in total. The van der Waals surface area contributed by atoms with Gasteiger partial charge in [0.1, 0.15) is 5.84 Å². The van der Waals surface area contributed by atoms with Crippen LogP contribution in [-0.4, -0.2) is 10.8 Å². The Bertz CT molecular complexity index is 260.